The number of nitrogens with zero attached hydrogens (tertiary/aromatic N) is 1. The minimum Gasteiger partial charge on any atom is -0.341 e. The molecule has 2 fully saturated rings. The monoisotopic (exact) mass is 348 g/mol. The van der Waals surface area contributed by atoms with Gasteiger partial charge in [0.25, 0.3) is 0 Å². The van der Waals surface area contributed by atoms with Crippen LogP contribution in [-0.4, -0.2) is 41.5 Å². The number of benzene rings is 1. The van der Waals surface area contributed by atoms with Crippen LogP contribution < -0.4 is 16.4 Å². The minimum absolute atomic E-state index is 0.0156. The highest BCUT2D eigenvalue weighted by molar-refractivity contribution is 5.89. The molecule has 1 saturated heterocycles. The van der Waals surface area contributed by atoms with E-state index in [4.69, 9.17) is 5.73 Å². The van der Waals surface area contributed by atoms with Crippen molar-refractivity contribution in [3.63, 3.8) is 0 Å². The molecule has 4 N–H and O–H groups in total. The summed E-state index contributed by atoms with van der Waals surface area (Å²) in [6.07, 6.45) is 4.99. The number of nitrogens with one attached hydrogen (secondary N) is 2. The SMILES string of the molecule is NC1(C(=O)N2CCC(NC(=O)Nc3ccc(F)cc3)CC2)CCCC1. The van der Waals surface area contributed by atoms with E-state index < -0.39 is 5.54 Å². The molecular weight excluding hydrogens is 323 g/mol. The van der Waals surface area contributed by atoms with Gasteiger partial charge in [0.2, 0.25) is 5.91 Å². The molecule has 0 unspecified atom stereocenters. The maximum absolute atomic E-state index is 12.9. The molecule has 1 heterocycles. The van der Waals surface area contributed by atoms with Gasteiger partial charge in [-0.1, -0.05) is 12.8 Å². The summed E-state index contributed by atoms with van der Waals surface area (Å²) in [5.41, 5.74) is 6.11. The number of urea groups is 1. The molecule has 1 aromatic rings. The molecule has 3 amide bonds. The largest absolute Gasteiger partial charge is 0.341 e. The molecule has 0 atom stereocenters. The standard InChI is InChI=1S/C18H25FN4O2/c19-13-3-5-14(6-4-13)21-17(25)22-15-7-11-23(12-8-15)16(24)18(20)9-1-2-10-18/h3-6,15H,1-2,7-12,20H2,(H2,21,22,25). The molecule has 1 saturated carbocycles. The van der Waals surface area contributed by atoms with E-state index in [1.807, 2.05) is 4.90 Å². The average molecular weight is 348 g/mol. The lowest BCUT2D eigenvalue weighted by atomic mass is 9.95. The fraction of sp³-hybridized carbons (Fsp3) is 0.556. The lowest BCUT2D eigenvalue weighted by Gasteiger charge is -2.37. The van der Waals surface area contributed by atoms with Crippen LogP contribution in [0.4, 0.5) is 14.9 Å². The van der Waals surface area contributed by atoms with Gasteiger partial charge in [-0.05, 0) is 49.9 Å². The van der Waals surface area contributed by atoms with Gasteiger partial charge >= 0.3 is 6.03 Å². The van der Waals surface area contributed by atoms with Crippen LogP contribution >= 0.6 is 0 Å². The Balaban J connectivity index is 1.45. The van der Waals surface area contributed by atoms with Gasteiger partial charge in [0, 0.05) is 24.8 Å². The Bertz CT molecular complexity index is 620. The topological polar surface area (TPSA) is 87.5 Å². The molecule has 6 nitrogen and oxygen atoms in total. The molecule has 0 spiro atoms. The number of anilines is 1. The van der Waals surface area contributed by atoms with E-state index in [1.54, 1.807) is 0 Å². The van der Waals surface area contributed by atoms with Crippen LogP contribution in [0.15, 0.2) is 24.3 Å². The zero-order valence-corrected chi connectivity index (χ0v) is 14.3. The molecular formula is C18H25FN4O2. The molecule has 1 aliphatic carbocycles. The Morgan fingerprint density at radius 2 is 1.72 bits per heavy atom. The highest BCUT2D eigenvalue weighted by atomic mass is 19.1. The molecule has 1 aromatic carbocycles. The first-order valence-electron chi connectivity index (χ1n) is 8.88. The smallest absolute Gasteiger partial charge is 0.319 e. The van der Waals surface area contributed by atoms with Gasteiger partial charge in [-0.2, -0.15) is 0 Å². The fourth-order valence-corrected chi connectivity index (χ4v) is 3.65. The van der Waals surface area contributed by atoms with Crippen LogP contribution in [0.2, 0.25) is 0 Å². The van der Waals surface area contributed by atoms with E-state index in [0.717, 1.165) is 25.7 Å². The Kier molecular flexibility index (Phi) is 5.22. The van der Waals surface area contributed by atoms with Gasteiger partial charge in [-0.25, -0.2) is 9.18 Å². The molecule has 0 bridgehead atoms. The summed E-state index contributed by atoms with van der Waals surface area (Å²) in [5, 5.41) is 5.59. The fourth-order valence-electron chi connectivity index (χ4n) is 3.65. The summed E-state index contributed by atoms with van der Waals surface area (Å²) in [4.78, 5) is 26.4. The molecule has 3 rings (SSSR count). The minimum atomic E-state index is -0.680. The highest BCUT2D eigenvalue weighted by Crippen LogP contribution is 2.30. The molecule has 25 heavy (non-hydrogen) atoms. The van der Waals surface area contributed by atoms with Crippen molar-refractivity contribution < 1.29 is 14.0 Å². The van der Waals surface area contributed by atoms with E-state index >= 15 is 0 Å². The van der Waals surface area contributed by atoms with Crippen molar-refractivity contribution in [2.24, 2.45) is 5.73 Å². The van der Waals surface area contributed by atoms with Crippen molar-refractivity contribution in [2.45, 2.75) is 50.1 Å². The summed E-state index contributed by atoms with van der Waals surface area (Å²) < 4.78 is 12.9. The van der Waals surface area contributed by atoms with E-state index in [2.05, 4.69) is 10.6 Å². The van der Waals surface area contributed by atoms with Crippen LogP contribution in [0, 0.1) is 5.82 Å². The van der Waals surface area contributed by atoms with E-state index in [0.29, 0.717) is 31.6 Å². The Labute approximate surface area is 146 Å². The second-order valence-electron chi connectivity index (χ2n) is 7.04. The van der Waals surface area contributed by atoms with Gasteiger partial charge in [-0.3, -0.25) is 4.79 Å². The number of likely N-dealkylation sites (tertiary alicyclic amines) is 1. The first-order valence-corrected chi connectivity index (χ1v) is 8.88. The third-order valence-corrected chi connectivity index (χ3v) is 5.14. The van der Waals surface area contributed by atoms with Crippen molar-refractivity contribution in [3.05, 3.63) is 30.1 Å². The van der Waals surface area contributed by atoms with Crippen molar-refractivity contribution in [3.8, 4) is 0 Å². The number of halogens is 1. The summed E-state index contributed by atoms with van der Waals surface area (Å²) >= 11 is 0. The molecule has 7 heteroatoms. The van der Waals surface area contributed by atoms with Crippen LogP contribution in [0.3, 0.4) is 0 Å². The van der Waals surface area contributed by atoms with Crippen LogP contribution in [0.5, 0.6) is 0 Å². The van der Waals surface area contributed by atoms with Crippen LogP contribution in [-0.2, 0) is 4.79 Å². The van der Waals surface area contributed by atoms with Gasteiger partial charge in [0.05, 0.1) is 5.54 Å². The number of piperidine rings is 1. The number of amides is 3. The molecule has 0 aromatic heterocycles. The number of hydrogen-bond donors (Lipinski definition) is 3. The first-order chi connectivity index (χ1) is 12.0. The quantitative estimate of drug-likeness (QED) is 0.783. The van der Waals surface area contributed by atoms with Gasteiger partial charge in [-0.15, -0.1) is 0 Å². The zero-order chi connectivity index (χ0) is 17.9. The Hall–Kier alpha value is -2.15. The predicted octanol–water partition coefficient (Wildman–Crippen LogP) is 2.21. The van der Waals surface area contributed by atoms with Crippen molar-refractivity contribution >= 4 is 17.6 Å². The van der Waals surface area contributed by atoms with Crippen molar-refractivity contribution in [1.82, 2.24) is 10.2 Å². The Morgan fingerprint density at radius 1 is 1.12 bits per heavy atom. The molecule has 0 radical (unpaired) electrons. The molecule has 2 aliphatic rings. The third kappa shape index (κ3) is 4.28. The third-order valence-electron chi connectivity index (χ3n) is 5.14. The maximum atomic E-state index is 12.9. The van der Waals surface area contributed by atoms with Gasteiger partial charge in [0.1, 0.15) is 5.82 Å². The predicted molar refractivity (Wildman–Crippen MR) is 93.5 cm³/mol. The normalized spacial score (nSPS) is 20.3. The molecule has 1 aliphatic heterocycles. The zero-order valence-electron chi connectivity index (χ0n) is 14.3. The average Bonchev–Trinajstić information content (AvgIpc) is 3.05. The lowest BCUT2D eigenvalue weighted by molar-refractivity contribution is -0.137. The van der Waals surface area contributed by atoms with Gasteiger partial charge < -0.3 is 21.3 Å². The van der Waals surface area contributed by atoms with Gasteiger partial charge in [0.15, 0.2) is 0 Å². The summed E-state index contributed by atoms with van der Waals surface area (Å²) in [7, 11) is 0. The summed E-state index contributed by atoms with van der Waals surface area (Å²) in [6, 6.07) is 5.32. The molecule has 136 valence electrons. The number of hydrogen-bond acceptors (Lipinski definition) is 3. The number of carbonyl (C=O) groups excluding carboxylic acids is 2. The van der Waals surface area contributed by atoms with E-state index in [9.17, 15) is 14.0 Å². The highest BCUT2D eigenvalue weighted by Gasteiger charge is 2.40. The van der Waals surface area contributed by atoms with E-state index in [1.165, 1.54) is 24.3 Å². The maximum Gasteiger partial charge on any atom is 0.319 e. The first kappa shape index (κ1) is 17.7. The Morgan fingerprint density at radius 3 is 2.32 bits per heavy atom. The second kappa shape index (κ2) is 7.39. The van der Waals surface area contributed by atoms with Crippen LogP contribution in [0.1, 0.15) is 38.5 Å². The second-order valence-corrected chi connectivity index (χ2v) is 7.04. The van der Waals surface area contributed by atoms with Crippen molar-refractivity contribution in [2.75, 3.05) is 18.4 Å². The number of rotatable bonds is 3. The van der Waals surface area contributed by atoms with Crippen molar-refractivity contribution in [1.29, 1.82) is 0 Å². The van der Waals surface area contributed by atoms with E-state index in [-0.39, 0.29) is 23.8 Å². The summed E-state index contributed by atoms with van der Waals surface area (Å²) in [5.74, 6) is -0.290. The number of carbonyl (C=O) groups is 2. The summed E-state index contributed by atoms with van der Waals surface area (Å²) in [6.45, 7) is 1.22. The van der Waals surface area contributed by atoms with Crippen LogP contribution in [0.25, 0.3) is 0 Å². The number of nitrogens with two attached hydrogens (primary N) is 1. The lowest BCUT2D eigenvalue weighted by Crippen LogP contribution is -2.57.